The average molecular weight is 330 g/mol. The molecule has 0 bridgehead atoms. The Kier molecular flexibility index (Phi) is 5.67. The van der Waals surface area contributed by atoms with E-state index in [4.69, 9.17) is 0 Å². The number of H-pyrrole nitrogens is 1. The first-order chi connectivity index (χ1) is 11.5. The smallest absolute Gasteiger partial charge is 0.407 e. The van der Waals surface area contributed by atoms with Gasteiger partial charge < -0.3 is 20.4 Å². The fraction of sp³-hybridized carbons (Fsp3) is 0.250. The maximum atomic E-state index is 11.8. The van der Waals surface area contributed by atoms with E-state index in [0.717, 1.165) is 0 Å². The van der Waals surface area contributed by atoms with Crippen molar-refractivity contribution in [2.45, 2.75) is 13.8 Å². The molecule has 24 heavy (non-hydrogen) atoms. The number of nitrogens with one attached hydrogen (secondary N) is 3. The lowest BCUT2D eigenvalue weighted by atomic mass is 10.2. The van der Waals surface area contributed by atoms with Crippen molar-refractivity contribution < 1.29 is 14.3 Å². The number of nitrogens with zero attached hydrogens (tertiary/aromatic N) is 1. The van der Waals surface area contributed by atoms with Crippen LogP contribution in [0.3, 0.4) is 0 Å². The molecule has 0 spiro atoms. The van der Waals surface area contributed by atoms with Gasteiger partial charge in [-0.25, -0.2) is 9.78 Å². The quantitative estimate of drug-likeness (QED) is 0.767. The number of carbonyl (C=O) groups excluding carboxylic acids is 2. The molecular weight excluding hydrogens is 312 g/mol. The van der Waals surface area contributed by atoms with Crippen LogP contribution in [0.1, 0.15) is 12.6 Å². The first kappa shape index (κ1) is 17.2. The zero-order valence-electron chi connectivity index (χ0n) is 13.4. The van der Waals surface area contributed by atoms with E-state index in [0.29, 0.717) is 22.8 Å². The number of hydrogen-bond donors (Lipinski definition) is 3. The van der Waals surface area contributed by atoms with Crippen LogP contribution in [0.2, 0.25) is 0 Å². The second-order valence-electron chi connectivity index (χ2n) is 4.94. The van der Waals surface area contributed by atoms with E-state index in [-0.39, 0.29) is 18.7 Å². The van der Waals surface area contributed by atoms with Crippen LogP contribution in [0, 0.1) is 6.92 Å². The largest absolute Gasteiger partial charge is 0.450 e. The van der Waals surface area contributed by atoms with Crippen molar-refractivity contribution in [3.63, 3.8) is 0 Å². The summed E-state index contributed by atoms with van der Waals surface area (Å²) in [6, 6.07) is 8.27. The number of hydrogen-bond acceptors (Lipinski definition) is 5. The highest BCUT2D eigenvalue weighted by Gasteiger charge is 2.08. The number of rotatable bonds is 5. The molecular formula is C16H18N4O4. The van der Waals surface area contributed by atoms with Gasteiger partial charge in [0, 0.05) is 23.0 Å². The maximum absolute atomic E-state index is 11.8. The lowest BCUT2D eigenvalue weighted by Gasteiger charge is -2.08. The Balaban J connectivity index is 2.06. The van der Waals surface area contributed by atoms with Gasteiger partial charge in [0.1, 0.15) is 12.4 Å². The number of aromatic amines is 1. The number of aryl methyl sites for hydroxylation is 1. The van der Waals surface area contributed by atoms with Gasteiger partial charge in [0.25, 0.3) is 5.56 Å². The molecule has 126 valence electrons. The number of aromatic nitrogens is 2. The third-order valence-corrected chi connectivity index (χ3v) is 2.96. The Labute approximate surface area is 138 Å². The molecule has 0 saturated heterocycles. The zero-order valence-corrected chi connectivity index (χ0v) is 13.4. The third kappa shape index (κ3) is 4.94. The number of anilines is 1. The highest BCUT2D eigenvalue weighted by molar-refractivity contribution is 5.94. The predicted octanol–water partition coefficient (Wildman–Crippen LogP) is 1.43. The van der Waals surface area contributed by atoms with Crippen LogP contribution in [0.4, 0.5) is 10.5 Å². The van der Waals surface area contributed by atoms with Crippen molar-refractivity contribution in [3.8, 4) is 11.4 Å². The van der Waals surface area contributed by atoms with Crippen molar-refractivity contribution in [2.24, 2.45) is 0 Å². The molecule has 1 aromatic carbocycles. The Morgan fingerprint density at radius 1 is 1.29 bits per heavy atom. The minimum atomic E-state index is -0.650. The summed E-state index contributed by atoms with van der Waals surface area (Å²) in [6.07, 6.45) is -0.650. The van der Waals surface area contributed by atoms with Crippen molar-refractivity contribution in [1.29, 1.82) is 0 Å². The summed E-state index contributed by atoms with van der Waals surface area (Å²) >= 11 is 0. The molecule has 2 aromatic rings. The minimum absolute atomic E-state index is 0.206. The Bertz CT molecular complexity index is 801. The number of benzene rings is 1. The summed E-state index contributed by atoms with van der Waals surface area (Å²) < 4.78 is 4.67. The van der Waals surface area contributed by atoms with Crippen LogP contribution in [-0.2, 0) is 9.53 Å². The highest BCUT2D eigenvalue weighted by atomic mass is 16.5. The number of carbonyl (C=O) groups is 2. The average Bonchev–Trinajstić information content (AvgIpc) is 2.52. The Hall–Kier alpha value is -3.16. The van der Waals surface area contributed by atoms with E-state index in [1.54, 1.807) is 38.1 Å². The summed E-state index contributed by atoms with van der Waals surface area (Å²) in [5.41, 5.74) is 1.53. The third-order valence-electron chi connectivity index (χ3n) is 2.96. The van der Waals surface area contributed by atoms with Gasteiger partial charge in [0.2, 0.25) is 5.91 Å². The molecule has 8 heteroatoms. The lowest BCUT2D eigenvalue weighted by Crippen LogP contribution is -2.33. The Morgan fingerprint density at radius 3 is 2.79 bits per heavy atom. The second-order valence-corrected chi connectivity index (χ2v) is 4.94. The van der Waals surface area contributed by atoms with Crippen LogP contribution in [0.15, 0.2) is 35.1 Å². The fourth-order valence-corrected chi connectivity index (χ4v) is 2.00. The molecule has 0 atom stereocenters. The van der Waals surface area contributed by atoms with Crippen LogP contribution in [0.5, 0.6) is 0 Å². The SMILES string of the molecule is CCOC(=O)NCC(=O)Nc1cccc(-c2nc(C)cc(=O)[nH]2)c1. The van der Waals surface area contributed by atoms with Gasteiger partial charge in [-0.3, -0.25) is 9.59 Å². The molecule has 2 amide bonds. The van der Waals surface area contributed by atoms with E-state index in [1.807, 2.05) is 0 Å². The molecule has 0 fully saturated rings. The standard InChI is InChI=1S/C16H18N4O4/c1-3-24-16(23)17-9-14(22)19-12-6-4-5-11(8-12)15-18-10(2)7-13(21)20-15/h4-8H,3,9H2,1-2H3,(H,17,23)(H,19,22)(H,18,20,21). The molecule has 0 aliphatic carbocycles. The molecule has 0 saturated carbocycles. The molecule has 2 rings (SSSR count). The van der Waals surface area contributed by atoms with Gasteiger partial charge in [-0.1, -0.05) is 12.1 Å². The molecule has 1 aromatic heterocycles. The minimum Gasteiger partial charge on any atom is -0.450 e. The molecule has 0 aliphatic heterocycles. The summed E-state index contributed by atoms with van der Waals surface area (Å²) in [4.78, 5) is 41.4. The second kappa shape index (κ2) is 7.91. The van der Waals surface area contributed by atoms with Crippen molar-refractivity contribution in [3.05, 3.63) is 46.4 Å². The van der Waals surface area contributed by atoms with Crippen LogP contribution in [0.25, 0.3) is 11.4 Å². The van der Waals surface area contributed by atoms with Crippen molar-refractivity contribution >= 4 is 17.7 Å². The zero-order chi connectivity index (χ0) is 17.5. The van der Waals surface area contributed by atoms with Gasteiger partial charge in [0.15, 0.2) is 0 Å². The van der Waals surface area contributed by atoms with Gasteiger partial charge in [-0.15, -0.1) is 0 Å². The van der Waals surface area contributed by atoms with Crippen LogP contribution >= 0.6 is 0 Å². The molecule has 8 nitrogen and oxygen atoms in total. The monoisotopic (exact) mass is 330 g/mol. The molecule has 0 unspecified atom stereocenters. The number of amides is 2. The summed E-state index contributed by atoms with van der Waals surface area (Å²) in [5, 5.41) is 4.98. The van der Waals surface area contributed by atoms with Crippen LogP contribution < -0.4 is 16.2 Å². The lowest BCUT2D eigenvalue weighted by molar-refractivity contribution is -0.115. The number of ether oxygens (including phenoxy) is 1. The molecule has 3 N–H and O–H groups in total. The van der Waals surface area contributed by atoms with E-state index in [1.165, 1.54) is 6.07 Å². The van der Waals surface area contributed by atoms with Crippen molar-refractivity contribution in [1.82, 2.24) is 15.3 Å². The topological polar surface area (TPSA) is 113 Å². The predicted molar refractivity (Wildman–Crippen MR) is 88.7 cm³/mol. The van der Waals surface area contributed by atoms with Gasteiger partial charge in [-0.2, -0.15) is 0 Å². The first-order valence-corrected chi connectivity index (χ1v) is 7.37. The van der Waals surface area contributed by atoms with Crippen molar-refractivity contribution in [2.75, 3.05) is 18.5 Å². The Morgan fingerprint density at radius 2 is 2.08 bits per heavy atom. The van der Waals surface area contributed by atoms with Gasteiger partial charge in [-0.05, 0) is 26.0 Å². The normalized spacial score (nSPS) is 10.1. The van der Waals surface area contributed by atoms with E-state index >= 15 is 0 Å². The molecule has 1 heterocycles. The fourth-order valence-electron chi connectivity index (χ4n) is 2.00. The number of alkyl carbamates (subject to hydrolysis) is 1. The van der Waals surface area contributed by atoms with E-state index in [2.05, 4.69) is 25.3 Å². The summed E-state index contributed by atoms with van der Waals surface area (Å²) in [5.74, 6) is 0.0200. The van der Waals surface area contributed by atoms with E-state index in [9.17, 15) is 14.4 Å². The summed E-state index contributed by atoms with van der Waals surface area (Å²) in [7, 11) is 0. The first-order valence-electron chi connectivity index (χ1n) is 7.37. The van der Waals surface area contributed by atoms with Gasteiger partial charge in [0.05, 0.1) is 6.61 Å². The summed E-state index contributed by atoms with van der Waals surface area (Å²) in [6.45, 7) is 3.43. The van der Waals surface area contributed by atoms with Crippen LogP contribution in [-0.4, -0.2) is 35.1 Å². The molecule has 0 aliphatic rings. The molecule has 0 radical (unpaired) electrons. The van der Waals surface area contributed by atoms with Gasteiger partial charge >= 0.3 is 6.09 Å². The maximum Gasteiger partial charge on any atom is 0.407 e. The van der Waals surface area contributed by atoms with E-state index < -0.39 is 12.0 Å². The highest BCUT2D eigenvalue weighted by Crippen LogP contribution is 2.18.